The topological polar surface area (TPSA) is 45.2 Å². The maximum Gasteiger partial charge on any atom is 0.251 e. The second kappa shape index (κ2) is 8.99. The normalized spacial score (nSPS) is 10.6. The summed E-state index contributed by atoms with van der Waals surface area (Å²) >= 11 is 0. The van der Waals surface area contributed by atoms with E-state index in [0.717, 1.165) is 11.5 Å². The van der Waals surface area contributed by atoms with Gasteiger partial charge < -0.3 is 10.2 Å². The Hall–Kier alpha value is -3.14. The number of benzene rings is 2. The predicted octanol–water partition coefficient (Wildman–Crippen LogP) is 4.81. The molecule has 1 aromatic heterocycles. The maximum absolute atomic E-state index is 12.5. The molecule has 0 aliphatic heterocycles. The molecule has 4 heteroatoms. The lowest BCUT2D eigenvalue weighted by atomic mass is 10.1. The summed E-state index contributed by atoms with van der Waals surface area (Å²) in [5.74, 6) is 1.09. The minimum atomic E-state index is -0.0694. The van der Waals surface area contributed by atoms with E-state index in [1.165, 1.54) is 5.56 Å². The molecule has 4 nitrogen and oxygen atoms in total. The molecular formula is C23H25N3O. The van der Waals surface area contributed by atoms with Crippen LogP contribution in [0.5, 0.6) is 0 Å². The van der Waals surface area contributed by atoms with Crippen LogP contribution >= 0.6 is 0 Å². The molecule has 0 atom stereocenters. The van der Waals surface area contributed by atoms with Crippen molar-refractivity contribution in [2.24, 2.45) is 5.92 Å². The molecule has 3 aromatic rings. The van der Waals surface area contributed by atoms with Crippen LogP contribution in [-0.2, 0) is 6.54 Å². The Morgan fingerprint density at radius 3 is 2.33 bits per heavy atom. The number of carbonyl (C=O) groups excluding carboxylic acids is 1. The van der Waals surface area contributed by atoms with Crippen molar-refractivity contribution in [3.05, 3.63) is 90.1 Å². The molecule has 0 fully saturated rings. The van der Waals surface area contributed by atoms with Gasteiger partial charge in [-0.25, -0.2) is 4.98 Å². The summed E-state index contributed by atoms with van der Waals surface area (Å²) in [5.41, 5.74) is 2.83. The zero-order valence-corrected chi connectivity index (χ0v) is 15.8. The number of pyridine rings is 1. The maximum atomic E-state index is 12.5. The van der Waals surface area contributed by atoms with Gasteiger partial charge in [0.15, 0.2) is 0 Å². The zero-order chi connectivity index (χ0) is 19.1. The van der Waals surface area contributed by atoms with E-state index in [-0.39, 0.29) is 5.91 Å². The fraction of sp³-hybridized carbons (Fsp3) is 0.217. The number of nitrogens with zero attached hydrogens (tertiary/aromatic N) is 2. The minimum Gasteiger partial charge on any atom is -0.352 e. The monoisotopic (exact) mass is 359 g/mol. The third-order valence-electron chi connectivity index (χ3n) is 4.21. The average Bonchev–Trinajstić information content (AvgIpc) is 2.71. The average molecular weight is 359 g/mol. The molecule has 2 aromatic carbocycles. The lowest BCUT2D eigenvalue weighted by Crippen LogP contribution is -2.27. The first-order valence-corrected chi connectivity index (χ1v) is 9.24. The highest BCUT2D eigenvalue weighted by atomic mass is 16.1. The number of nitrogens with one attached hydrogen (secondary N) is 1. The number of rotatable bonds is 7. The summed E-state index contributed by atoms with van der Waals surface area (Å²) in [6, 6.07) is 24.0. The SMILES string of the molecule is CC(C)CNC(=O)c1ccnc(N(Cc2ccccc2)c2ccccc2)c1. The van der Waals surface area contributed by atoms with E-state index >= 15 is 0 Å². The van der Waals surface area contributed by atoms with E-state index in [0.29, 0.717) is 24.6 Å². The molecule has 0 saturated heterocycles. The van der Waals surface area contributed by atoms with Gasteiger partial charge in [0.2, 0.25) is 0 Å². The van der Waals surface area contributed by atoms with Gasteiger partial charge in [0, 0.05) is 30.5 Å². The second-order valence-corrected chi connectivity index (χ2v) is 6.91. The number of hydrogen-bond donors (Lipinski definition) is 1. The van der Waals surface area contributed by atoms with Crippen molar-refractivity contribution in [3.63, 3.8) is 0 Å². The van der Waals surface area contributed by atoms with Crippen LogP contribution in [0, 0.1) is 5.92 Å². The summed E-state index contributed by atoms with van der Waals surface area (Å²) in [4.78, 5) is 19.1. The van der Waals surface area contributed by atoms with Crippen molar-refractivity contribution in [2.75, 3.05) is 11.4 Å². The summed E-state index contributed by atoms with van der Waals surface area (Å²) in [6.45, 7) is 5.49. The Morgan fingerprint density at radius 2 is 1.67 bits per heavy atom. The van der Waals surface area contributed by atoms with Crippen molar-refractivity contribution in [2.45, 2.75) is 20.4 Å². The molecule has 0 saturated carbocycles. The van der Waals surface area contributed by atoms with Crippen molar-refractivity contribution in [3.8, 4) is 0 Å². The molecule has 3 rings (SSSR count). The van der Waals surface area contributed by atoms with Crippen molar-refractivity contribution in [1.82, 2.24) is 10.3 Å². The molecule has 0 unspecified atom stereocenters. The lowest BCUT2D eigenvalue weighted by Gasteiger charge is -2.24. The van der Waals surface area contributed by atoms with Crippen molar-refractivity contribution < 1.29 is 4.79 Å². The summed E-state index contributed by atoms with van der Waals surface area (Å²) in [5, 5.41) is 2.97. The number of hydrogen-bond acceptors (Lipinski definition) is 3. The third kappa shape index (κ3) is 5.17. The van der Waals surface area contributed by atoms with E-state index in [2.05, 4.69) is 53.3 Å². The molecule has 0 spiro atoms. The van der Waals surface area contributed by atoms with Crippen LogP contribution in [0.3, 0.4) is 0 Å². The number of para-hydroxylation sites is 1. The molecule has 138 valence electrons. The van der Waals surface area contributed by atoms with Crippen molar-refractivity contribution >= 4 is 17.4 Å². The Bertz CT molecular complexity index is 863. The standard InChI is InChI=1S/C23H25N3O/c1-18(2)16-25-23(27)20-13-14-24-22(15-20)26(21-11-7-4-8-12-21)17-19-9-5-3-6-10-19/h3-15,18H,16-17H2,1-2H3,(H,25,27). The van der Waals surface area contributed by atoms with Gasteiger partial charge in [0.1, 0.15) is 5.82 Å². The highest BCUT2D eigenvalue weighted by Gasteiger charge is 2.14. The highest BCUT2D eigenvalue weighted by Crippen LogP contribution is 2.26. The molecule has 0 radical (unpaired) electrons. The van der Waals surface area contributed by atoms with Crippen LogP contribution in [0.15, 0.2) is 79.0 Å². The Kier molecular flexibility index (Phi) is 6.21. The summed E-state index contributed by atoms with van der Waals surface area (Å²) < 4.78 is 0. The molecule has 1 amide bonds. The van der Waals surface area contributed by atoms with Crippen LogP contribution in [0.4, 0.5) is 11.5 Å². The van der Waals surface area contributed by atoms with Crippen LogP contribution in [-0.4, -0.2) is 17.4 Å². The van der Waals surface area contributed by atoms with Crippen LogP contribution in [0.1, 0.15) is 29.8 Å². The van der Waals surface area contributed by atoms with Crippen molar-refractivity contribution in [1.29, 1.82) is 0 Å². The number of anilines is 2. The van der Waals surface area contributed by atoms with Gasteiger partial charge in [-0.05, 0) is 35.7 Å². The van der Waals surface area contributed by atoms with Crippen LogP contribution in [0.25, 0.3) is 0 Å². The minimum absolute atomic E-state index is 0.0694. The molecule has 1 N–H and O–H groups in total. The van der Waals surface area contributed by atoms with Crippen LogP contribution in [0.2, 0.25) is 0 Å². The van der Waals surface area contributed by atoms with Gasteiger partial charge in [-0.2, -0.15) is 0 Å². The van der Waals surface area contributed by atoms with Gasteiger partial charge >= 0.3 is 0 Å². The predicted molar refractivity (Wildman–Crippen MR) is 110 cm³/mol. The third-order valence-corrected chi connectivity index (χ3v) is 4.21. The van der Waals surface area contributed by atoms with Gasteiger partial charge in [0.05, 0.1) is 0 Å². The highest BCUT2D eigenvalue weighted by molar-refractivity contribution is 5.95. The van der Waals surface area contributed by atoms with Gasteiger partial charge in [-0.1, -0.05) is 62.4 Å². The van der Waals surface area contributed by atoms with Gasteiger partial charge in [0.25, 0.3) is 5.91 Å². The molecule has 0 aliphatic rings. The molecule has 0 aliphatic carbocycles. The molecular weight excluding hydrogens is 334 g/mol. The van der Waals surface area contributed by atoms with E-state index in [9.17, 15) is 4.79 Å². The fourth-order valence-electron chi connectivity index (χ4n) is 2.78. The first-order chi connectivity index (χ1) is 13.1. The first kappa shape index (κ1) is 18.6. The first-order valence-electron chi connectivity index (χ1n) is 9.24. The quantitative estimate of drug-likeness (QED) is 0.659. The molecule has 1 heterocycles. The Balaban J connectivity index is 1.90. The van der Waals surface area contributed by atoms with Gasteiger partial charge in [-0.3, -0.25) is 4.79 Å². The van der Waals surface area contributed by atoms with E-state index in [1.807, 2.05) is 42.5 Å². The van der Waals surface area contributed by atoms with E-state index in [4.69, 9.17) is 0 Å². The number of amides is 1. The summed E-state index contributed by atoms with van der Waals surface area (Å²) in [6.07, 6.45) is 1.69. The second-order valence-electron chi connectivity index (χ2n) is 6.91. The van der Waals surface area contributed by atoms with E-state index < -0.39 is 0 Å². The van der Waals surface area contributed by atoms with Crippen LogP contribution < -0.4 is 10.2 Å². The molecule has 0 bridgehead atoms. The Morgan fingerprint density at radius 1 is 1.00 bits per heavy atom. The largest absolute Gasteiger partial charge is 0.352 e. The smallest absolute Gasteiger partial charge is 0.251 e. The zero-order valence-electron chi connectivity index (χ0n) is 15.8. The number of aromatic nitrogens is 1. The molecule has 27 heavy (non-hydrogen) atoms. The lowest BCUT2D eigenvalue weighted by molar-refractivity contribution is 0.0949. The fourth-order valence-corrected chi connectivity index (χ4v) is 2.78. The number of carbonyl (C=O) groups is 1. The van der Waals surface area contributed by atoms with E-state index in [1.54, 1.807) is 12.3 Å². The summed E-state index contributed by atoms with van der Waals surface area (Å²) in [7, 11) is 0. The van der Waals surface area contributed by atoms with Gasteiger partial charge in [-0.15, -0.1) is 0 Å². The Labute approximate surface area is 160 Å².